The van der Waals surface area contributed by atoms with E-state index in [9.17, 15) is 4.79 Å². The number of hydrogen-bond donors (Lipinski definition) is 0. The summed E-state index contributed by atoms with van der Waals surface area (Å²) in [7, 11) is 1.91. The minimum Gasteiger partial charge on any atom is -0.290 e. The van der Waals surface area contributed by atoms with Gasteiger partial charge in [0.15, 0.2) is 0 Å². The van der Waals surface area contributed by atoms with Gasteiger partial charge in [-0.25, -0.2) is 0 Å². The molecule has 0 fully saturated rings. The van der Waals surface area contributed by atoms with Crippen molar-refractivity contribution in [3.8, 4) is 0 Å². The number of para-hydroxylation sites is 1. The minimum absolute atomic E-state index is 0.760. The molecule has 0 radical (unpaired) electrons. The molecule has 0 spiro atoms. The summed E-state index contributed by atoms with van der Waals surface area (Å²) in [5, 5.41) is 0.760. The summed E-state index contributed by atoms with van der Waals surface area (Å²) in [5.74, 6) is 0. The van der Waals surface area contributed by atoms with Crippen LogP contribution in [0, 0.1) is 0 Å². The Morgan fingerprint density at radius 3 is 2.83 bits per heavy atom. The summed E-state index contributed by atoms with van der Waals surface area (Å²) >= 11 is 1.52. The van der Waals surface area contributed by atoms with Crippen molar-refractivity contribution in [3.05, 3.63) is 29.3 Å². The Morgan fingerprint density at radius 1 is 1.42 bits per heavy atom. The summed E-state index contributed by atoms with van der Waals surface area (Å²) in [6.07, 6.45) is 0.894. The smallest absolute Gasteiger partial charge is 0.290 e. The maximum atomic E-state index is 10.6. The van der Waals surface area contributed by atoms with E-state index in [1.165, 1.54) is 11.3 Å². The molecule has 0 aliphatic carbocycles. The molecule has 60 valence electrons. The van der Waals surface area contributed by atoms with Gasteiger partial charge in [-0.15, -0.1) is 0 Å². The number of hydrogen-bond acceptors (Lipinski definition) is 2. The zero-order valence-electron chi connectivity index (χ0n) is 6.65. The van der Waals surface area contributed by atoms with Gasteiger partial charge in [0.1, 0.15) is 11.7 Å². The van der Waals surface area contributed by atoms with Crippen LogP contribution in [-0.2, 0) is 7.05 Å². The van der Waals surface area contributed by atoms with Crippen LogP contribution >= 0.6 is 11.3 Å². The van der Waals surface area contributed by atoms with Crippen LogP contribution in [0.4, 0.5) is 0 Å². The highest BCUT2D eigenvalue weighted by molar-refractivity contribution is 7.19. The molecule has 2 aromatic rings. The number of aromatic nitrogens is 1. The van der Waals surface area contributed by atoms with E-state index in [0.29, 0.717) is 0 Å². The molecule has 1 aromatic heterocycles. The zero-order valence-corrected chi connectivity index (χ0v) is 7.47. The largest absolute Gasteiger partial charge is 0.302 e. The maximum Gasteiger partial charge on any atom is 0.302 e. The molecule has 0 saturated carbocycles. The molecular weight excluding hydrogens is 170 g/mol. The Bertz CT molecular complexity index is 433. The highest BCUT2D eigenvalue weighted by atomic mass is 32.1. The Morgan fingerprint density at radius 2 is 2.17 bits per heavy atom. The third-order valence-corrected chi connectivity index (χ3v) is 3.02. The first-order valence-electron chi connectivity index (χ1n) is 3.65. The first-order valence-corrected chi connectivity index (χ1v) is 4.47. The zero-order chi connectivity index (χ0) is 8.55. The van der Waals surface area contributed by atoms with Crippen molar-refractivity contribution in [3.63, 3.8) is 0 Å². The molecular formula is C9H8NOS+. The van der Waals surface area contributed by atoms with E-state index in [-0.39, 0.29) is 0 Å². The van der Waals surface area contributed by atoms with Crippen molar-refractivity contribution >= 4 is 27.8 Å². The van der Waals surface area contributed by atoms with Gasteiger partial charge >= 0.3 is 5.01 Å². The highest BCUT2D eigenvalue weighted by Gasteiger charge is 2.14. The predicted octanol–water partition coefficient (Wildman–Crippen LogP) is 1.54. The van der Waals surface area contributed by atoms with Gasteiger partial charge < -0.3 is 0 Å². The monoisotopic (exact) mass is 178 g/mol. The van der Waals surface area contributed by atoms with Crippen molar-refractivity contribution in [1.29, 1.82) is 0 Å². The Labute approximate surface area is 74.1 Å². The van der Waals surface area contributed by atoms with Crippen LogP contribution in [-0.4, -0.2) is 6.29 Å². The molecule has 0 saturated heterocycles. The van der Waals surface area contributed by atoms with Gasteiger partial charge in [-0.2, -0.15) is 4.57 Å². The molecule has 1 aromatic carbocycles. The van der Waals surface area contributed by atoms with E-state index < -0.39 is 0 Å². The molecule has 12 heavy (non-hydrogen) atoms. The number of aryl methyl sites for hydroxylation is 1. The molecule has 3 heteroatoms. The molecule has 1 heterocycles. The molecule has 0 aliphatic rings. The number of carbonyl (C=O) groups is 1. The second-order valence-corrected chi connectivity index (χ2v) is 3.65. The van der Waals surface area contributed by atoms with E-state index in [2.05, 4.69) is 0 Å². The van der Waals surface area contributed by atoms with Crippen LogP contribution in [0.2, 0.25) is 0 Å². The lowest BCUT2D eigenvalue weighted by atomic mass is 10.3. The van der Waals surface area contributed by atoms with Crippen molar-refractivity contribution in [2.45, 2.75) is 0 Å². The average molecular weight is 178 g/mol. The normalized spacial score (nSPS) is 10.4. The SMILES string of the molecule is C[n+]1c(C=O)sc2ccccc21. The van der Waals surface area contributed by atoms with Crippen LogP contribution in [0.25, 0.3) is 10.2 Å². The van der Waals surface area contributed by atoms with Gasteiger partial charge in [-0.1, -0.05) is 23.5 Å². The fourth-order valence-corrected chi connectivity index (χ4v) is 2.19. The third kappa shape index (κ3) is 0.940. The first-order chi connectivity index (χ1) is 5.83. The summed E-state index contributed by atoms with van der Waals surface area (Å²) in [4.78, 5) is 10.6. The standard InChI is InChI=1S/C9H8NOS/c1-10-7-4-2-3-5-8(7)12-9(10)6-11/h2-6H,1H3/q+1. The molecule has 0 amide bonds. The van der Waals surface area contributed by atoms with Crippen LogP contribution in [0.3, 0.4) is 0 Å². The number of nitrogens with zero attached hydrogens (tertiary/aromatic N) is 1. The van der Waals surface area contributed by atoms with Crippen molar-refractivity contribution in [2.75, 3.05) is 0 Å². The van der Waals surface area contributed by atoms with Gasteiger partial charge in [-0.3, -0.25) is 4.79 Å². The van der Waals surface area contributed by atoms with Gasteiger partial charge in [0.25, 0.3) is 0 Å². The molecule has 0 atom stereocenters. The third-order valence-electron chi connectivity index (χ3n) is 1.87. The average Bonchev–Trinajstić information content (AvgIpc) is 2.44. The molecule has 2 rings (SSSR count). The Balaban J connectivity index is 2.87. The quantitative estimate of drug-likeness (QED) is 0.479. The van der Waals surface area contributed by atoms with Gasteiger partial charge in [0.05, 0.1) is 0 Å². The molecule has 0 N–H and O–H groups in total. The fourth-order valence-electron chi connectivity index (χ4n) is 1.22. The fraction of sp³-hybridized carbons (Fsp3) is 0.111. The van der Waals surface area contributed by atoms with Crippen LogP contribution in [0.5, 0.6) is 0 Å². The van der Waals surface area contributed by atoms with E-state index in [4.69, 9.17) is 0 Å². The van der Waals surface area contributed by atoms with E-state index in [1.807, 2.05) is 35.9 Å². The molecule has 0 bridgehead atoms. The maximum absolute atomic E-state index is 10.6. The van der Waals surface area contributed by atoms with E-state index >= 15 is 0 Å². The number of carbonyl (C=O) groups excluding carboxylic acids is 1. The number of fused-ring (bicyclic) bond motifs is 1. The topological polar surface area (TPSA) is 20.9 Å². The summed E-state index contributed by atoms with van der Waals surface area (Å²) < 4.78 is 3.06. The number of rotatable bonds is 1. The Hall–Kier alpha value is -1.22. The summed E-state index contributed by atoms with van der Waals surface area (Å²) in [6.45, 7) is 0. The molecule has 0 unspecified atom stereocenters. The molecule has 0 aliphatic heterocycles. The first kappa shape index (κ1) is 7.43. The van der Waals surface area contributed by atoms with Gasteiger partial charge in [-0.05, 0) is 6.07 Å². The lowest BCUT2D eigenvalue weighted by Gasteiger charge is -1.82. The van der Waals surface area contributed by atoms with Gasteiger partial charge in [0, 0.05) is 6.07 Å². The van der Waals surface area contributed by atoms with Crippen molar-refractivity contribution < 1.29 is 9.36 Å². The van der Waals surface area contributed by atoms with Crippen LogP contribution in [0.15, 0.2) is 24.3 Å². The summed E-state index contributed by atoms with van der Waals surface area (Å²) in [6, 6.07) is 7.99. The highest BCUT2D eigenvalue weighted by Crippen LogP contribution is 2.17. The lowest BCUT2D eigenvalue weighted by Crippen LogP contribution is -2.30. The molecule has 2 nitrogen and oxygen atoms in total. The van der Waals surface area contributed by atoms with E-state index in [0.717, 1.165) is 21.5 Å². The van der Waals surface area contributed by atoms with Crippen LogP contribution in [0.1, 0.15) is 9.80 Å². The second kappa shape index (κ2) is 2.68. The summed E-state index contributed by atoms with van der Waals surface area (Å²) in [5.41, 5.74) is 1.12. The van der Waals surface area contributed by atoms with Gasteiger partial charge in [0.2, 0.25) is 11.8 Å². The van der Waals surface area contributed by atoms with E-state index in [1.54, 1.807) is 0 Å². The Kier molecular flexibility index (Phi) is 1.66. The van der Waals surface area contributed by atoms with Crippen molar-refractivity contribution in [2.24, 2.45) is 7.05 Å². The van der Waals surface area contributed by atoms with Crippen LogP contribution < -0.4 is 4.57 Å². The predicted molar refractivity (Wildman–Crippen MR) is 48.4 cm³/mol. The number of benzene rings is 1. The lowest BCUT2D eigenvalue weighted by molar-refractivity contribution is -0.641. The second-order valence-electron chi connectivity index (χ2n) is 2.58. The minimum atomic E-state index is 0.760. The number of thiazole rings is 1. The number of aldehydes is 1. The van der Waals surface area contributed by atoms with Crippen molar-refractivity contribution in [1.82, 2.24) is 0 Å².